The van der Waals surface area contributed by atoms with Gasteiger partial charge in [0, 0.05) is 5.69 Å². The van der Waals surface area contributed by atoms with Gasteiger partial charge in [-0.1, -0.05) is 24.3 Å². The molecule has 3 rings (SSSR count). The smallest absolute Gasteiger partial charge is 0.339 e. The first-order valence-electron chi connectivity index (χ1n) is 7.45. The Morgan fingerprint density at radius 2 is 2.00 bits per heavy atom. The largest absolute Gasteiger partial charge is 0.465 e. The van der Waals surface area contributed by atoms with Crippen molar-refractivity contribution in [1.29, 1.82) is 0 Å². The highest BCUT2D eigenvalue weighted by atomic mass is 16.5. The van der Waals surface area contributed by atoms with Crippen LogP contribution in [0, 0.1) is 0 Å². The molecule has 0 saturated carbocycles. The van der Waals surface area contributed by atoms with E-state index in [-0.39, 0.29) is 18.2 Å². The van der Waals surface area contributed by atoms with Gasteiger partial charge in [0.15, 0.2) is 0 Å². The van der Waals surface area contributed by atoms with Crippen molar-refractivity contribution in [3.05, 3.63) is 59.2 Å². The highest BCUT2D eigenvalue weighted by Gasteiger charge is 2.18. The number of carbonyl (C=O) groups is 3. The van der Waals surface area contributed by atoms with Crippen molar-refractivity contribution in [3.8, 4) is 0 Å². The molecule has 2 amide bonds. The number of para-hydroxylation sites is 1. The first-order chi connectivity index (χ1) is 11.6. The van der Waals surface area contributed by atoms with E-state index in [1.165, 1.54) is 7.11 Å². The molecule has 0 saturated heterocycles. The van der Waals surface area contributed by atoms with Crippen LogP contribution in [-0.2, 0) is 27.2 Å². The molecule has 0 aliphatic carbocycles. The molecule has 0 radical (unpaired) electrons. The van der Waals surface area contributed by atoms with Crippen molar-refractivity contribution in [2.45, 2.75) is 12.8 Å². The normalized spacial score (nSPS) is 12.3. The molecule has 0 atom stereocenters. The van der Waals surface area contributed by atoms with Gasteiger partial charge in [-0.05, 0) is 29.3 Å². The van der Waals surface area contributed by atoms with Gasteiger partial charge in [-0.15, -0.1) is 0 Å². The number of benzene rings is 2. The van der Waals surface area contributed by atoms with Crippen LogP contribution in [0.3, 0.4) is 0 Å². The molecule has 1 aliphatic rings. The van der Waals surface area contributed by atoms with Crippen molar-refractivity contribution in [3.63, 3.8) is 0 Å². The zero-order valence-electron chi connectivity index (χ0n) is 13.1. The summed E-state index contributed by atoms with van der Waals surface area (Å²) in [6.07, 6.45) is 0.479. The molecule has 122 valence electrons. The lowest BCUT2D eigenvalue weighted by Crippen LogP contribution is -2.17. The number of carbonyl (C=O) groups excluding carboxylic acids is 3. The summed E-state index contributed by atoms with van der Waals surface area (Å²) >= 11 is 0. The van der Waals surface area contributed by atoms with Crippen molar-refractivity contribution < 1.29 is 19.1 Å². The second kappa shape index (κ2) is 6.54. The highest BCUT2D eigenvalue weighted by molar-refractivity contribution is 6.02. The molecular weight excluding hydrogens is 308 g/mol. The minimum absolute atomic E-state index is 0.0430. The van der Waals surface area contributed by atoms with Crippen LogP contribution in [0.25, 0.3) is 0 Å². The third kappa shape index (κ3) is 3.27. The van der Waals surface area contributed by atoms with Gasteiger partial charge in [0.25, 0.3) is 0 Å². The lowest BCUT2D eigenvalue weighted by Gasteiger charge is -2.10. The predicted molar refractivity (Wildman–Crippen MR) is 88.9 cm³/mol. The average Bonchev–Trinajstić information content (AvgIpc) is 2.94. The lowest BCUT2D eigenvalue weighted by atomic mass is 10.1. The highest BCUT2D eigenvalue weighted by Crippen LogP contribution is 2.24. The maximum absolute atomic E-state index is 12.3. The Morgan fingerprint density at radius 1 is 1.21 bits per heavy atom. The van der Waals surface area contributed by atoms with Crippen LogP contribution in [0.2, 0.25) is 0 Å². The summed E-state index contributed by atoms with van der Waals surface area (Å²) in [4.78, 5) is 35.4. The zero-order chi connectivity index (χ0) is 17.1. The third-order valence-electron chi connectivity index (χ3n) is 3.77. The van der Waals surface area contributed by atoms with E-state index < -0.39 is 5.97 Å². The van der Waals surface area contributed by atoms with Crippen molar-refractivity contribution in [2.75, 3.05) is 17.7 Å². The van der Waals surface area contributed by atoms with E-state index in [4.69, 9.17) is 4.74 Å². The van der Waals surface area contributed by atoms with Crippen LogP contribution in [0.15, 0.2) is 42.5 Å². The second-order valence-electron chi connectivity index (χ2n) is 5.48. The summed E-state index contributed by atoms with van der Waals surface area (Å²) in [6, 6.07) is 12.1. The Hall–Kier alpha value is -3.15. The Bertz CT molecular complexity index is 830. The van der Waals surface area contributed by atoms with Gasteiger partial charge in [-0.3, -0.25) is 9.59 Å². The van der Waals surface area contributed by atoms with E-state index in [1.54, 1.807) is 36.4 Å². The Morgan fingerprint density at radius 3 is 2.79 bits per heavy atom. The maximum Gasteiger partial charge on any atom is 0.339 e. The molecule has 6 nitrogen and oxygen atoms in total. The molecule has 1 heterocycles. The SMILES string of the molecule is COC(=O)c1ccccc1NC(=O)Cc1ccc2c(c1)CC(=O)N2. The van der Waals surface area contributed by atoms with Crippen LogP contribution >= 0.6 is 0 Å². The van der Waals surface area contributed by atoms with Crippen molar-refractivity contribution >= 4 is 29.2 Å². The van der Waals surface area contributed by atoms with Crippen LogP contribution in [0.1, 0.15) is 21.5 Å². The van der Waals surface area contributed by atoms with Crippen LogP contribution < -0.4 is 10.6 Å². The number of ether oxygens (including phenoxy) is 1. The second-order valence-corrected chi connectivity index (χ2v) is 5.48. The van der Waals surface area contributed by atoms with Crippen LogP contribution in [-0.4, -0.2) is 24.9 Å². The van der Waals surface area contributed by atoms with Gasteiger partial charge in [0.05, 0.1) is 31.2 Å². The van der Waals surface area contributed by atoms with Gasteiger partial charge >= 0.3 is 5.97 Å². The number of hydrogen-bond donors (Lipinski definition) is 2. The average molecular weight is 324 g/mol. The summed E-state index contributed by atoms with van der Waals surface area (Å²) < 4.78 is 4.71. The van der Waals surface area contributed by atoms with Crippen LogP contribution in [0.4, 0.5) is 11.4 Å². The molecule has 0 fully saturated rings. The summed E-state index contributed by atoms with van der Waals surface area (Å²) in [5, 5.41) is 5.48. The minimum Gasteiger partial charge on any atom is -0.465 e. The van der Waals surface area contributed by atoms with E-state index in [2.05, 4.69) is 10.6 Å². The summed E-state index contributed by atoms with van der Waals surface area (Å²) in [6.45, 7) is 0. The summed E-state index contributed by atoms with van der Waals surface area (Å²) in [7, 11) is 1.29. The monoisotopic (exact) mass is 324 g/mol. The molecule has 0 unspecified atom stereocenters. The fourth-order valence-electron chi connectivity index (χ4n) is 2.65. The van der Waals surface area contributed by atoms with E-state index in [0.717, 1.165) is 16.8 Å². The number of anilines is 2. The topological polar surface area (TPSA) is 84.5 Å². The van der Waals surface area contributed by atoms with Gasteiger partial charge < -0.3 is 15.4 Å². The maximum atomic E-state index is 12.3. The number of hydrogen-bond acceptors (Lipinski definition) is 4. The number of rotatable bonds is 4. The predicted octanol–water partition coefficient (Wildman–Crippen LogP) is 2.15. The molecule has 0 spiro atoms. The van der Waals surface area contributed by atoms with Gasteiger partial charge in [-0.25, -0.2) is 4.79 Å². The first-order valence-corrected chi connectivity index (χ1v) is 7.45. The van der Waals surface area contributed by atoms with E-state index in [9.17, 15) is 14.4 Å². The number of nitrogens with one attached hydrogen (secondary N) is 2. The molecule has 6 heteroatoms. The molecule has 2 aromatic rings. The lowest BCUT2D eigenvalue weighted by molar-refractivity contribution is -0.116. The van der Waals surface area contributed by atoms with Gasteiger partial charge in [0.2, 0.25) is 11.8 Å². The number of fused-ring (bicyclic) bond motifs is 1. The first kappa shape index (κ1) is 15.7. The molecule has 1 aliphatic heterocycles. The summed E-state index contributed by atoms with van der Waals surface area (Å²) in [5.74, 6) is -0.796. The quantitative estimate of drug-likeness (QED) is 0.844. The molecule has 24 heavy (non-hydrogen) atoms. The third-order valence-corrected chi connectivity index (χ3v) is 3.77. The van der Waals surface area contributed by atoms with Crippen LogP contribution in [0.5, 0.6) is 0 Å². The molecular formula is C18H16N2O4. The Labute approximate surface area is 138 Å². The van der Waals surface area contributed by atoms with E-state index >= 15 is 0 Å². The number of methoxy groups -OCH3 is 1. The molecule has 2 N–H and O–H groups in total. The van der Waals surface area contributed by atoms with Gasteiger partial charge in [0.1, 0.15) is 0 Å². The van der Waals surface area contributed by atoms with Gasteiger partial charge in [-0.2, -0.15) is 0 Å². The molecule has 0 bridgehead atoms. The summed E-state index contributed by atoms with van der Waals surface area (Å²) in [5.41, 5.74) is 3.20. The number of amides is 2. The Kier molecular flexibility index (Phi) is 4.29. The minimum atomic E-state index is -0.506. The molecule has 2 aromatic carbocycles. The zero-order valence-corrected chi connectivity index (χ0v) is 13.1. The fraction of sp³-hybridized carbons (Fsp3) is 0.167. The van der Waals surface area contributed by atoms with E-state index in [0.29, 0.717) is 17.7 Å². The fourth-order valence-corrected chi connectivity index (χ4v) is 2.65. The van der Waals surface area contributed by atoms with E-state index in [1.807, 2.05) is 6.07 Å². The molecule has 0 aromatic heterocycles. The standard InChI is InChI=1S/C18H16N2O4/c1-24-18(23)13-4-2-3-5-15(13)20-16(21)9-11-6-7-14-12(8-11)10-17(22)19-14/h2-8H,9-10H2,1H3,(H,19,22)(H,20,21). The number of esters is 1. The van der Waals surface area contributed by atoms with Crippen molar-refractivity contribution in [2.24, 2.45) is 0 Å². The van der Waals surface area contributed by atoms with Crippen molar-refractivity contribution in [1.82, 2.24) is 0 Å². The Balaban J connectivity index is 1.72.